The van der Waals surface area contributed by atoms with Crippen molar-refractivity contribution in [3.8, 4) is 5.75 Å². The predicted octanol–water partition coefficient (Wildman–Crippen LogP) is 2.44. The summed E-state index contributed by atoms with van der Waals surface area (Å²) in [6.45, 7) is 1.71. The van der Waals surface area contributed by atoms with Crippen molar-refractivity contribution in [1.82, 2.24) is 20.1 Å². The SMILES string of the molecule is COc1ccc2nc(N3CCCC(NC(=O)c4ccn(C)n4)C3)sc2c1. The van der Waals surface area contributed by atoms with Gasteiger partial charge in [-0.15, -0.1) is 0 Å². The van der Waals surface area contributed by atoms with Gasteiger partial charge in [-0.1, -0.05) is 11.3 Å². The average molecular weight is 371 g/mol. The van der Waals surface area contributed by atoms with Gasteiger partial charge in [0.15, 0.2) is 5.13 Å². The molecule has 136 valence electrons. The number of anilines is 1. The summed E-state index contributed by atoms with van der Waals surface area (Å²) in [7, 11) is 3.48. The van der Waals surface area contributed by atoms with Crippen LogP contribution in [0, 0.1) is 0 Å². The van der Waals surface area contributed by atoms with Crippen LogP contribution in [0.2, 0.25) is 0 Å². The first-order valence-corrected chi connectivity index (χ1v) is 9.44. The van der Waals surface area contributed by atoms with Crippen molar-refractivity contribution in [3.63, 3.8) is 0 Å². The van der Waals surface area contributed by atoms with E-state index in [1.165, 1.54) is 0 Å². The van der Waals surface area contributed by atoms with Crippen molar-refractivity contribution in [2.45, 2.75) is 18.9 Å². The average Bonchev–Trinajstić information content (AvgIpc) is 3.27. The Morgan fingerprint density at radius 3 is 3.04 bits per heavy atom. The van der Waals surface area contributed by atoms with Gasteiger partial charge >= 0.3 is 0 Å². The second-order valence-electron chi connectivity index (χ2n) is 6.46. The van der Waals surface area contributed by atoms with Crippen LogP contribution in [0.5, 0.6) is 5.75 Å². The normalized spacial score (nSPS) is 17.5. The van der Waals surface area contributed by atoms with Gasteiger partial charge in [-0.2, -0.15) is 5.10 Å². The molecule has 1 saturated heterocycles. The maximum Gasteiger partial charge on any atom is 0.272 e. The van der Waals surface area contributed by atoms with Gasteiger partial charge in [0.2, 0.25) is 0 Å². The van der Waals surface area contributed by atoms with E-state index in [9.17, 15) is 4.79 Å². The van der Waals surface area contributed by atoms with Gasteiger partial charge in [-0.05, 0) is 37.1 Å². The van der Waals surface area contributed by atoms with E-state index in [-0.39, 0.29) is 11.9 Å². The highest BCUT2D eigenvalue weighted by Gasteiger charge is 2.24. The largest absolute Gasteiger partial charge is 0.497 e. The highest BCUT2D eigenvalue weighted by molar-refractivity contribution is 7.22. The van der Waals surface area contributed by atoms with E-state index in [0.717, 1.165) is 47.0 Å². The number of rotatable bonds is 4. The third-order valence-electron chi connectivity index (χ3n) is 4.56. The fraction of sp³-hybridized carbons (Fsp3) is 0.389. The Balaban J connectivity index is 1.47. The number of nitrogens with one attached hydrogen (secondary N) is 1. The molecule has 0 radical (unpaired) electrons. The smallest absolute Gasteiger partial charge is 0.272 e. The van der Waals surface area contributed by atoms with Gasteiger partial charge in [-0.25, -0.2) is 4.98 Å². The molecular weight excluding hydrogens is 350 g/mol. The van der Waals surface area contributed by atoms with Crippen LogP contribution in [0.15, 0.2) is 30.5 Å². The zero-order valence-electron chi connectivity index (χ0n) is 14.8. The zero-order valence-corrected chi connectivity index (χ0v) is 15.6. The third kappa shape index (κ3) is 3.37. The minimum atomic E-state index is -0.119. The van der Waals surface area contributed by atoms with Crippen LogP contribution >= 0.6 is 11.3 Å². The minimum absolute atomic E-state index is 0.0970. The van der Waals surface area contributed by atoms with E-state index in [2.05, 4.69) is 15.3 Å². The molecule has 1 aliphatic rings. The highest BCUT2D eigenvalue weighted by atomic mass is 32.1. The van der Waals surface area contributed by atoms with Crippen molar-refractivity contribution in [2.75, 3.05) is 25.1 Å². The molecule has 0 saturated carbocycles. The number of methoxy groups -OCH3 is 1. The quantitative estimate of drug-likeness (QED) is 0.763. The molecule has 0 bridgehead atoms. The van der Waals surface area contributed by atoms with Crippen molar-refractivity contribution >= 4 is 32.6 Å². The van der Waals surface area contributed by atoms with Gasteiger partial charge in [0.1, 0.15) is 11.4 Å². The van der Waals surface area contributed by atoms with Gasteiger partial charge in [0.25, 0.3) is 5.91 Å². The second kappa shape index (κ2) is 6.95. The Bertz CT molecular complexity index is 935. The van der Waals surface area contributed by atoms with Crippen molar-refractivity contribution in [3.05, 3.63) is 36.2 Å². The Morgan fingerprint density at radius 2 is 2.27 bits per heavy atom. The fourth-order valence-corrected chi connectivity index (χ4v) is 4.25. The van der Waals surface area contributed by atoms with Crippen LogP contribution < -0.4 is 15.0 Å². The maximum atomic E-state index is 12.3. The molecule has 1 aromatic carbocycles. The molecule has 1 atom stereocenters. The summed E-state index contributed by atoms with van der Waals surface area (Å²) < 4.78 is 8.04. The van der Waals surface area contributed by atoms with Crippen molar-refractivity contribution < 1.29 is 9.53 Å². The molecule has 0 aliphatic carbocycles. The number of hydrogen-bond acceptors (Lipinski definition) is 6. The Morgan fingerprint density at radius 1 is 1.38 bits per heavy atom. The lowest BCUT2D eigenvalue weighted by Crippen LogP contribution is -2.47. The number of aryl methyl sites for hydroxylation is 1. The molecule has 2 aromatic heterocycles. The topological polar surface area (TPSA) is 72.3 Å². The van der Waals surface area contributed by atoms with Crippen LogP contribution in [-0.2, 0) is 7.05 Å². The number of fused-ring (bicyclic) bond motifs is 1. The Labute approximate surface area is 155 Å². The van der Waals surface area contributed by atoms with E-state index < -0.39 is 0 Å². The Kier molecular flexibility index (Phi) is 4.50. The number of ether oxygens (including phenoxy) is 1. The number of carbonyl (C=O) groups is 1. The lowest BCUT2D eigenvalue weighted by Gasteiger charge is -2.32. The van der Waals surface area contributed by atoms with Gasteiger partial charge in [-0.3, -0.25) is 9.48 Å². The van der Waals surface area contributed by atoms with E-state index in [1.807, 2.05) is 18.2 Å². The van der Waals surface area contributed by atoms with Crippen LogP contribution in [0.4, 0.5) is 5.13 Å². The lowest BCUT2D eigenvalue weighted by atomic mass is 10.1. The first kappa shape index (κ1) is 16.8. The van der Waals surface area contributed by atoms with Gasteiger partial charge in [0, 0.05) is 32.4 Å². The lowest BCUT2D eigenvalue weighted by molar-refractivity contribution is 0.0927. The number of carbonyl (C=O) groups excluding carboxylic acids is 1. The molecule has 0 spiro atoms. The molecule has 1 unspecified atom stereocenters. The van der Waals surface area contributed by atoms with Crippen LogP contribution in [0.1, 0.15) is 23.3 Å². The molecule has 1 fully saturated rings. The monoisotopic (exact) mass is 371 g/mol. The summed E-state index contributed by atoms with van der Waals surface area (Å²) in [5.74, 6) is 0.721. The number of nitrogens with zero attached hydrogens (tertiary/aromatic N) is 4. The maximum absolute atomic E-state index is 12.3. The Hall–Kier alpha value is -2.61. The molecule has 26 heavy (non-hydrogen) atoms. The summed E-state index contributed by atoms with van der Waals surface area (Å²) in [5.41, 5.74) is 1.43. The van der Waals surface area contributed by atoms with Crippen LogP contribution in [-0.4, -0.2) is 46.9 Å². The van der Waals surface area contributed by atoms with Gasteiger partial charge < -0.3 is 15.0 Å². The molecule has 1 amide bonds. The number of aromatic nitrogens is 3. The molecule has 3 aromatic rings. The number of benzene rings is 1. The van der Waals surface area contributed by atoms with E-state index in [0.29, 0.717) is 5.69 Å². The van der Waals surface area contributed by atoms with E-state index in [1.54, 1.807) is 42.4 Å². The molecule has 3 heterocycles. The molecule has 7 nitrogen and oxygen atoms in total. The number of piperidine rings is 1. The fourth-order valence-electron chi connectivity index (χ4n) is 3.22. The molecule has 4 rings (SSSR count). The second-order valence-corrected chi connectivity index (χ2v) is 7.47. The van der Waals surface area contributed by atoms with Crippen LogP contribution in [0.25, 0.3) is 10.2 Å². The zero-order chi connectivity index (χ0) is 18.1. The number of amides is 1. The van der Waals surface area contributed by atoms with Crippen molar-refractivity contribution in [2.24, 2.45) is 7.05 Å². The summed E-state index contributed by atoms with van der Waals surface area (Å²) in [4.78, 5) is 19.3. The first-order chi connectivity index (χ1) is 12.6. The summed E-state index contributed by atoms with van der Waals surface area (Å²) in [5, 5.41) is 8.26. The first-order valence-electron chi connectivity index (χ1n) is 8.62. The third-order valence-corrected chi connectivity index (χ3v) is 5.64. The van der Waals surface area contributed by atoms with Gasteiger partial charge in [0.05, 0.1) is 17.3 Å². The molecule has 1 aliphatic heterocycles. The molecule has 1 N–H and O–H groups in total. The van der Waals surface area contributed by atoms with E-state index in [4.69, 9.17) is 9.72 Å². The summed E-state index contributed by atoms with van der Waals surface area (Å²) in [6, 6.07) is 7.76. The van der Waals surface area contributed by atoms with Crippen LogP contribution in [0.3, 0.4) is 0 Å². The summed E-state index contributed by atoms with van der Waals surface area (Å²) >= 11 is 1.66. The highest BCUT2D eigenvalue weighted by Crippen LogP contribution is 2.32. The predicted molar refractivity (Wildman–Crippen MR) is 102 cm³/mol. The number of thiazole rings is 1. The van der Waals surface area contributed by atoms with Crippen molar-refractivity contribution in [1.29, 1.82) is 0 Å². The molecular formula is C18H21N5O2S. The standard InChI is InChI=1S/C18H21N5O2S/c1-22-9-7-15(21-22)17(24)19-12-4-3-8-23(11-12)18-20-14-6-5-13(25-2)10-16(14)26-18/h5-7,9-10,12H,3-4,8,11H2,1-2H3,(H,19,24). The summed E-state index contributed by atoms with van der Waals surface area (Å²) in [6.07, 6.45) is 3.76. The minimum Gasteiger partial charge on any atom is -0.497 e. The number of hydrogen-bond donors (Lipinski definition) is 1. The van der Waals surface area contributed by atoms with E-state index >= 15 is 0 Å². The molecule has 8 heteroatoms.